The van der Waals surface area contributed by atoms with Gasteiger partial charge in [0.15, 0.2) is 0 Å². The molecular formula is C75H114N14O15S. The van der Waals surface area contributed by atoms with Crippen molar-refractivity contribution in [2.75, 3.05) is 86.5 Å². The molecule has 2 aromatic carbocycles. The number of nitrogens with one attached hydrogen (secondary N) is 6. The predicted octanol–water partition coefficient (Wildman–Crippen LogP) is 5.54. The van der Waals surface area contributed by atoms with Crippen LogP contribution in [0.25, 0.3) is 0 Å². The molecule has 13 amide bonds. The molecule has 6 rings (SSSR count). The Morgan fingerprint density at radius 3 is 1.96 bits per heavy atom. The summed E-state index contributed by atoms with van der Waals surface area (Å²) in [5.41, 5.74) is 6.79. The van der Waals surface area contributed by atoms with Crippen molar-refractivity contribution in [1.29, 1.82) is 0 Å². The topological polar surface area (TPSA) is 363 Å². The number of nitrogens with two attached hydrogens (primary N) is 1. The van der Waals surface area contributed by atoms with Crippen LogP contribution in [0, 0.1) is 29.6 Å². The number of urea groups is 1. The maximum atomic E-state index is 15.1. The molecule has 8 N–H and O–H groups in total. The zero-order chi connectivity index (χ0) is 77.4. The van der Waals surface area contributed by atoms with E-state index < -0.39 is 126 Å². The normalized spacial score (nSPS) is 18.0. The van der Waals surface area contributed by atoms with Crippen LogP contribution in [0.1, 0.15) is 161 Å². The minimum atomic E-state index is -1.54. The molecule has 0 spiro atoms. The number of hydrogen-bond acceptors (Lipinski definition) is 18. The highest BCUT2D eigenvalue weighted by molar-refractivity contribution is 7.09. The van der Waals surface area contributed by atoms with Gasteiger partial charge in [-0.05, 0) is 93.4 Å². The van der Waals surface area contributed by atoms with Crippen LogP contribution in [0.3, 0.4) is 0 Å². The van der Waals surface area contributed by atoms with Crippen LogP contribution in [-0.4, -0.2) is 235 Å². The molecule has 3 saturated heterocycles. The average Bonchev–Trinajstić information content (AvgIpc) is 1.70. The van der Waals surface area contributed by atoms with Gasteiger partial charge in [-0.1, -0.05) is 111 Å². The second-order valence-corrected chi connectivity index (χ2v) is 29.9. The minimum absolute atomic E-state index is 0.0158. The van der Waals surface area contributed by atoms with E-state index in [4.69, 9.17) is 19.9 Å². The molecule has 30 heteroatoms. The molecule has 1 unspecified atom stereocenters. The van der Waals surface area contributed by atoms with Gasteiger partial charge in [0, 0.05) is 116 Å². The fourth-order valence-corrected chi connectivity index (χ4v) is 14.6. The maximum absolute atomic E-state index is 15.1. The molecule has 0 saturated carbocycles. The predicted molar refractivity (Wildman–Crippen MR) is 396 cm³/mol. The van der Waals surface area contributed by atoms with Crippen LogP contribution in [-0.2, 0) is 68.6 Å². The number of hydrogen-bond donors (Lipinski definition) is 7. The minimum Gasteiger partial charge on any atom is -0.431 e. The van der Waals surface area contributed by atoms with Crippen LogP contribution < -0.4 is 37.6 Å². The zero-order valence-corrected chi connectivity index (χ0v) is 64.5. The van der Waals surface area contributed by atoms with Crippen LogP contribution >= 0.6 is 11.3 Å². The first-order chi connectivity index (χ1) is 49.9. The Bertz CT molecular complexity index is 3380. The molecule has 0 bridgehead atoms. The first-order valence-electron chi connectivity index (χ1n) is 36.8. The number of ether oxygens (including phenoxy) is 3. The Hall–Kier alpha value is -8.61. The number of anilines is 1. The molecule has 29 nitrogen and oxygen atoms in total. The Balaban J connectivity index is 1.14. The molecule has 3 aromatic rings. The van der Waals surface area contributed by atoms with E-state index in [-0.39, 0.29) is 98.5 Å². The third-order valence-electron chi connectivity index (χ3n) is 20.2. The number of nitrogens with zero attached hydrogens (tertiary/aromatic N) is 7. The number of amides is 13. The van der Waals surface area contributed by atoms with Gasteiger partial charge in [0.05, 0.1) is 42.7 Å². The number of thiazole rings is 1. The molecule has 0 aliphatic carbocycles. The Morgan fingerprint density at radius 2 is 1.38 bits per heavy atom. The molecule has 4 heterocycles. The van der Waals surface area contributed by atoms with Crippen molar-refractivity contribution in [1.82, 2.24) is 61.0 Å². The van der Waals surface area contributed by atoms with Crippen molar-refractivity contribution in [3.05, 3.63) is 82.3 Å². The molecule has 1 aromatic heterocycles. The highest BCUT2D eigenvalue weighted by atomic mass is 32.1. The summed E-state index contributed by atoms with van der Waals surface area (Å²) in [6.07, 6.45) is 1.32. The van der Waals surface area contributed by atoms with Crippen molar-refractivity contribution in [3.63, 3.8) is 0 Å². The van der Waals surface area contributed by atoms with Gasteiger partial charge in [0.25, 0.3) is 5.91 Å². The van der Waals surface area contributed by atoms with Gasteiger partial charge in [0.1, 0.15) is 29.2 Å². The largest absolute Gasteiger partial charge is 0.431 e. The Kier molecular flexibility index (Phi) is 33.6. The lowest BCUT2D eigenvalue weighted by Crippen LogP contribution is -2.60. The number of likely N-dealkylation sites (N-methyl/N-ethyl adjacent to an activating group) is 3. The van der Waals surface area contributed by atoms with Crippen molar-refractivity contribution in [2.24, 2.45) is 35.3 Å². The van der Waals surface area contributed by atoms with Gasteiger partial charge in [0.2, 0.25) is 59.3 Å². The van der Waals surface area contributed by atoms with E-state index in [0.29, 0.717) is 71.2 Å². The molecule has 3 aliphatic rings. The van der Waals surface area contributed by atoms with Crippen molar-refractivity contribution >= 4 is 88.2 Å². The summed E-state index contributed by atoms with van der Waals surface area (Å²) >= 11 is 1.46. The number of imide groups is 1. The van der Waals surface area contributed by atoms with Crippen LogP contribution in [0.5, 0.6) is 0 Å². The molecule has 580 valence electrons. The summed E-state index contributed by atoms with van der Waals surface area (Å²) in [4.78, 5) is 179. The quantitative estimate of drug-likeness (QED) is 0.0272. The maximum Gasteiger partial charge on any atom is 0.411 e. The van der Waals surface area contributed by atoms with Gasteiger partial charge in [-0.15, -0.1) is 11.3 Å². The van der Waals surface area contributed by atoms with E-state index in [2.05, 4.69) is 41.8 Å². The molecule has 12 atom stereocenters. The Morgan fingerprint density at radius 1 is 0.724 bits per heavy atom. The number of benzene rings is 2. The number of primary amides is 1. The van der Waals surface area contributed by atoms with E-state index in [1.165, 1.54) is 54.7 Å². The van der Waals surface area contributed by atoms with E-state index >= 15 is 4.79 Å². The summed E-state index contributed by atoms with van der Waals surface area (Å²) in [5, 5.41) is 19.6. The molecule has 105 heavy (non-hydrogen) atoms. The number of piperazine rings is 1. The van der Waals surface area contributed by atoms with E-state index in [9.17, 15) is 52.7 Å². The van der Waals surface area contributed by atoms with Gasteiger partial charge in [-0.25, -0.2) is 14.6 Å². The monoisotopic (exact) mass is 1480 g/mol. The SMILES string of the molecule is CC[C@H](C)[C@@H]([C@@H](CC(=O)N1CCC[C@H]1[C@H](OC)[C@@H](C)C(=O)N[C@@H](Cc1ccccc1)c1nccs1)OC)N(C)C(=O)[C@@H](NC(=O)[C@H](C(C)C)N(C)C(=O)OC(C(=O)N1CCN(C)CC1)c1ccc(NC(=O)[C@H](CCCNC(N)=O)NC(=O)[C@@H](NC(=O)CCCCN2C(=O)CCC2=O)C(C)C)cc1)C(C)C. The number of carbonyl (C=O) groups is 12. The highest BCUT2D eigenvalue weighted by Gasteiger charge is 2.45. The van der Waals surface area contributed by atoms with Crippen LogP contribution in [0.4, 0.5) is 15.3 Å². The smallest absolute Gasteiger partial charge is 0.411 e. The molecule has 3 aliphatic heterocycles. The lowest BCUT2D eigenvalue weighted by atomic mass is 9.89. The number of aromatic nitrogens is 1. The van der Waals surface area contributed by atoms with Gasteiger partial charge < -0.3 is 71.4 Å². The third-order valence-corrected chi connectivity index (χ3v) is 21.1. The second-order valence-electron chi connectivity index (χ2n) is 28.9. The first-order valence-corrected chi connectivity index (χ1v) is 37.7. The number of carbonyl (C=O) groups excluding carboxylic acids is 12. The molecular weight excluding hydrogens is 1370 g/mol. The number of rotatable bonds is 39. The fraction of sp³-hybridized carbons (Fsp3) is 0.640. The summed E-state index contributed by atoms with van der Waals surface area (Å²) in [6, 6.07) is 8.98. The fourth-order valence-electron chi connectivity index (χ4n) is 13.9. The standard InChI is InChI=1S/C75H114N14O15S/c1-15-48(8)64(56(102-13)44-60(93)88-37-22-26-55(88)65(103-14)49(9)67(94)81-54(71-77-35-42-105-71)43-50-23-17-16-18-24-50)85(11)72(98)62(46(4)5)83-70(97)63(47(6)7)86(12)75(101)104-66(73(99)87-40-38-84(10)39-41-87)51-28-30-52(31-29-51)79-68(95)53(25-21-34-78-74(76)100)80-69(96)61(45(2)3)82-57(90)27-19-20-36-89-58(91)32-33-59(89)92/h16-18,23-24,28-31,35,42,45-49,53-56,61-66H,15,19-22,25-27,32-34,36-41,43-44H2,1-14H3,(H,79,95)(H,80,96)(H,81,94)(H,82,90)(H,83,97)(H3,76,78,100)/t48-,49+,53-,54-,55-,56+,61-,62-,63-,64-,65+,66?/m0/s1. The van der Waals surface area contributed by atoms with E-state index in [1.54, 1.807) is 76.6 Å². The first kappa shape index (κ1) is 85.3. The number of likely N-dealkylation sites (tertiary alicyclic amines) is 2. The Labute approximate surface area is 622 Å². The van der Waals surface area contributed by atoms with Crippen LogP contribution in [0.15, 0.2) is 66.2 Å². The van der Waals surface area contributed by atoms with E-state index in [0.717, 1.165) is 15.5 Å². The summed E-state index contributed by atoms with van der Waals surface area (Å²) in [7, 11) is 7.99. The summed E-state index contributed by atoms with van der Waals surface area (Å²) in [5.74, 6) is -6.69. The van der Waals surface area contributed by atoms with E-state index in [1.807, 2.05) is 63.5 Å². The lowest BCUT2D eigenvalue weighted by Gasteiger charge is -2.41. The second kappa shape index (κ2) is 41.3. The highest BCUT2D eigenvalue weighted by Crippen LogP contribution is 2.32. The van der Waals surface area contributed by atoms with Gasteiger partial charge in [-0.3, -0.25) is 57.7 Å². The average molecular weight is 1480 g/mol. The van der Waals surface area contributed by atoms with Crippen molar-refractivity contribution < 1.29 is 71.7 Å². The summed E-state index contributed by atoms with van der Waals surface area (Å²) in [6.45, 7) is 18.7. The number of methoxy groups -OCH3 is 2. The van der Waals surface area contributed by atoms with Crippen molar-refractivity contribution in [3.8, 4) is 0 Å². The number of unbranched alkanes of at least 4 members (excludes halogenated alkanes) is 1. The summed E-state index contributed by atoms with van der Waals surface area (Å²) < 4.78 is 18.4. The molecule has 0 radical (unpaired) electrons. The molecule has 3 fully saturated rings. The van der Waals surface area contributed by atoms with Crippen molar-refractivity contribution in [2.45, 2.75) is 200 Å². The van der Waals surface area contributed by atoms with Gasteiger partial charge in [-0.2, -0.15) is 0 Å². The lowest BCUT2D eigenvalue weighted by molar-refractivity contribution is -0.148. The van der Waals surface area contributed by atoms with Gasteiger partial charge >= 0.3 is 12.1 Å². The third kappa shape index (κ3) is 24.2. The zero-order valence-electron chi connectivity index (χ0n) is 63.7. The van der Waals surface area contributed by atoms with Crippen LogP contribution in [0.2, 0.25) is 0 Å².